The molecule has 0 aromatic rings. The highest BCUT2D eigenvalue weighted by molar-refractivity contribution is 4.69. The highest BCUT2D eigenvalue weighted by Crippen LogP contribution is 1.80. The Hall–Kier alpha value is -0.0800. The fourth-order valence-corrected chi connectivity index (χ4v) is 0.798. The number of hydrogen-bond acceptors (Lipinski definition) is 2. The molecule has 0 bridgehead atoms. The Morgan fingerprint density at radius 1 is 1.17 bits per heavy atom. The molecule has 0 aromatic carbocycles. The standard InChI is InChI=1S/C5H12N2.C3H8.C2H6/c1-5-4-6-2-3-7-5;1-3-2;1-2/h5-7H,2-4H2,1H3;3H2,1-2H3;1-2H3. The maximum absolute atomic E-state index is 3.32. The molecule has 0 radical (unpaired) electrons. The molecule has 1 aliphatic heterocycles. The van der Waals surface area contributed by atoms with Crippen LogP contribution in [0.2, 0.25) is 0 Å². The zero-order valence-electron chi connectivity index (χ0n) is 9.41. The molecule has 12 heavy (non-hydrogen) atoms. The number of rotatable bonds is 0. The van der Waals surface area contributed by atoms with Gasteiger partial charge in [0.2, 0.25) is 0 Å². The van der Waals surface area contributed by atoms with E-state index in [0.717, 1.165) is 19.6 Å². The van der Waals surface area contributed by atoms with Crippen molar-refractivity contribution in [3.8, 4) is 0 Å². The SMILES string of the molecule is CC.CC1CNCCN1.CCC. The van der Waals surface area contributed by atoms with E-state index >= 15 is 0 Å². The zero-order chi connectivity index (χ0) is 9.82. The van der Waals surface area contributed by atoms with Crippen LogP contribution < -0.4 is 10.6 Å². The molecule has 1 saturated heterocycles. The van der Waals surface area contributed by atoms with Crippen LogP contribution in [0.25, 0.3) is 0 Å². The van der Waals surface area contributed by atoms with Gasteiger partial charge in [-0.1, -0.05) is 34.1 Å². The summed E-state index contributed by atoms with van der Waals surface area (Å²) >= 11 is 0. The van der Waals surface area contributed by atoms with Crippen LogP contribution in [0.15, 0.2) is 0 Å². The lowest BCUT2D eigenvalue weighted by molar-refractivity contribution is 0.442. The van der Waals surface area contributed by atoms with Crippen LogP contribution in [0, 0.1) is 0 Å². The lowest BCUT2D eigenvalue weighted by atomic mass is 10.3. The molecule has 1 rings (SSSR count). The number of hydrogen-bond donors (Lipinski definition) is 2. The lowest BCUT2D eigenvalue weighted by Gasteiger charge is -2.19. The maximum Gasteiger partial charge on any atom is 0.0164 e. The van der Waals surface area contributed by atoms with Crippen molar-refractivity contribution < 1.29 is 0 Å². The summed E-state index contributed by atoms with van der Waals surface area (Å²) in [5.41, 5.74) is 0. The van der Waals surface area contributed by atoms with Crippen molar-refractivity contribution in [3.05, 3.63) is 0 Å². The van der Waals surface area contributed by atoms with Crippen molar-refractivity contribution in [1.82, 2.24) is 10.6 Å². The number of nitrogens with one attached hydrogen (secondary N) is 2. The Balaban J connectivity index is 0. The van der Waals surface area contributed by atoms with Gasteiger partial charge < -0.3 is 10.6 Å². The third kappa shape index (κ3) is 12.6. The third-order valence-corrected chi connectivity index (χ3v) is 1.25. The Bertz CT molecular complexity index is 58.9. The van der Waals surface area contributed by atoms with Crippen LogP contribution in [0.5, 0.6) is 0 Å². The Labute approximate surface area is 78.1 Å². The van der Waals surface area contributed by atoms with Crippen LogP contribution in [0.4, 0.5) is 0 Å². The first-order chi connectivity index (χ1) is 5.81. The van der Waals surface area contributed by atoms with Gasteiger partial charge in [0.1, 0.15) is 0 Å². The van der Waals surface area contributed by atoms with E-state index in [1.165, 1.54) is 6.42 Å². The topological polar surface area (TPSA) is 24.1 Å². The molecule has 2 nitrogen and oxygen atoms in total. The quantitative estimate of drug-likeness (QED) is 0.587. The van der Waals surface area contributed by atoms with Crippen molar-refractivity contribution in [2.75, 3.05) is 19.6 Å². The highest BCUT2D eigenvalue weighted by Gasteiger charge is 2.03. The molecular weight excluding hydrogens is 148 g/mol. The predicted octanol–water partition coefficient (Wildman–Crippen LogP) is 2.01. The minimum absolute atomic E-state index is 0.675. The molecule has 1 atom stereocenters. The molecule has 0 spiro atoms. The first kappa shape index (κ1) is 14.4. The Morgan fingerprint density at radius 3 is 1.83 bits per heavy atom. The lowest BCUT2D eigenvalue weighted by Crippen LogP contribution is -2.46. The van der Waals surface area contributed by atoms with Crippen LogP contribution in [0.1, 0.15) is 41.0 Å². The molecule has 1 heterocycles. The van der Waals surface area contributed by atoms with Gasteiger partial charge in [-0.05, 0) is 6.92 Å². The van der Waals surface area contributed by atoms with Crippen LogP contribution in [-0.2, 0) is 0 Å². The largest absolute Gasteiger partial charge is 0.314 e. The van der Waals surface area contributed by atoms with Crippen LogP contribution in [0.3, 0.4) is 0 Å². The van der Waals surface area contributed by atoms with E-state index in [1.54, 1.807) is 0 Å². The van der Waals surface area contributed by atoms with Gasteiger partial charge in [-0.3, -0.25) is 0 Å². The first-order valence-corrected chi connectivity index (χ1v) is 5.25. The molecule has 2 heteroatoms. The zero-order valence-corrected chi connectivity index (χ0v) is 9.41. The molecule has 2 N–H and O–H groups in total. The number of piperazine rings is 1. The molecular formula is C10H26N2. The molecule has 1 aliphatic rings. The van der Waals surface area contributed by atoms with E-state index in [4.69, 9.17) is 0 Å². The van der Waals surface area contributed by atoms with Gasteiger partial charge in [-0.25, -0.2) is 0 Å². The van der Waals surface area contributed by atoms with Crippen molar-refractivity contribution in [2.45, 2.75) is 47.1 Å². The van der Waals surface area contributed by atoms with E-state index in [1.807, 2.05) is 13.8 Å². The van der Waals surface area contributed by atoms with Crippen molar-refractivity contribution >= 4 is 0 Å². The van der Waals surface area contributed by atoms with Gasteiger partial charge in [-0.15, -0.1) is 0 Å². The van der Waals surface area contributed by atoms with Crippen LogP contribution >= 0.6 is 0 Å². The second kappa shape index (κ2) is 13.5. The summed E-state index contributed by atoms with van der Waals surface area (Å²) in [6.45, 7) is 13.8. The second-order valence-electron chi connectivity index (χ2n) is 2.77. The molecule has 0 amide bonds. The molecule has 1 unspecified atom stereocenters. The summed E-state index contributed by atoms with van der Waals surface area (Å²) in [5.74, 6) is 0. The van der Waals surface area contributed by atoms with E-state index in [9.17, 15) is 0 Å². The summed E-state index contributed by atoms with van der Waals surface area (Å²) in [6, 6.07) is 0.675. The maximum atomic E-state index is 3.32. The molecule has 76 valence electrons. The summed E-state index contributed by atoms with van der Waals surface area (Å²) in [6.07, 6.45) is 1.25. The molecule has 0 aliphatic carbocycles. The van der Waals surface area contributed by atoms with Gasteiger partial charge in [0.05, 0.1) is 0 Å². The van der Waals surface area contributed by atoms with Crippen molar-refractivity contribution in [3.63, 3.8) is 0 Å². The summed E-state index contributed by atoms with van der Waals surface area (Å²) in [5, 5.41) is 6.59. The van der Waals surface area contributed by atoms with Gasteiger partial charge in [0.25, 0.3) is 0 Å². The highest BCUT2D eigenvalue weighted by atomic mass is 15.0. The van der Waals surface area contributed by atoms with E-state index in [0.29, 0.717) is 6.04 Å². The van der Waals surface area contributed by atoms with Crippen molar-refractivity contribution in [1.29, 1.82) is 0 Å². The second-order valence-corrected chi connectivity index (χ2v) is 2.77. The van der Waals surface area contributed by atoms with Gasteiger partial charge in [-0.2, -0.15) is 0 Å². The minimum atomic E-state index is 0.675. The Morgan fingerprint density at radius 2 is 1.67 bits per heavy atom. The van der Waals surface area contributed by atoms with Gasteiger partial charge in [0.15, 0.2) is 0 Å². The molecule has 0 aromatic heterocycles. The predicted molar refractivity (Wildman–Crippen MR) is 57.6 cm³/mol. The van der Waals surface area contributed by atoms with Crippen molar-refractivity contribution in [2.24, 2.45) is 0 Å². The Kier molecular flexibility index (Phi) is 16.3. The monoisotopic (exact) mass is 174 g/mol. The summed E-state index contributed by atoms with van der Waals surface area (Å²) in [4.78, 5) is 0. The van der Waals surface area contributed by atoms with E-state index in [2.05, 4.69) is 31.4 Å². The van der Waals surface area contributed by atoms with Crippen LogP contribution in [-0.4, -0.2) is 25.7 Å². The summed E-state index contributed by atoms with van der Waals surface area (Å²) in [7, 11) is 0. The minimum Gasteiger partial charge on any atom is -0.314 e. The van der Waals surface area contributed by atoms with E-state index < -0.39 is 0 Å². The smallest absolute Gasteiger partial charge is 0.0164 e. The third-order valence-electron chi connectivity index (χ3n) is 1.25. The average molecular weight is 174 g/mol. The van der Waals surface area contributed by atoms with E-state index in [-0.39, 0.29) is 0 Å². The van der Waals surface area contributed by atoms with Gasteiger partial charge >= 0.3 is 0 Å². The van der Waals surface area contributed by atoms with Gasteiger partial charge in [0, 0.05) is 25.7 Å². The fourth-order valence-electron chi connectivity index (χ4n) is 0.798. The average Bonchev–Trinajstić information content (AvgIpc) is 2.11. The fraction of sp³-hybridized carbons (Fsp3) is 1.00. The summed E-state index contributed by atoms with van der Waals surface area (Å²) < 4.78 is 0. The normalized spacial score (nSPS) is 21.2. The molecule has 1 fully saturated rings. The first-order valence-electron chi connectivity index (χ1n) is 5.25. The molecule has 0 saturated carbocycles.